The van der Waals surface area contributed by atoms with E-state index in [0.717, 1.165) is 0 Å². The average molecular weight is 182 g/mol. The fourth-order valence-electron chi connectivity index (χ4n) is 1.74. The highest BCUT2D eigenvalue weighted by atomic mass is 15.6. The zero-order valence-electron chi connectivity index (χ0n) is 7.67. The third kappa shape index (κ3) is 0.973. The first-order valence-corrected chi connectivity index (χ1v) is 4.65. The molecule has 0 unspecified atom stereocenters. The van der Waals surface area contributed by atoms with Crippen molar-refractivity contribution in [2.24, 2.45) is 0 Å². The van der Waals surface area contributed by atoms with Crippen molar-refractivity contribution in [3.63, 3.8) is 0 Å². The van der Waals surface area contributed by atoms with Crippen molar-refractivity contribution >= 4 is 11.8 Å². The van der Waals surface area contributed by atoms with Gasteiger partial charge in [0.1, 0.15) is 0 Å². The van der Waals surface area contributed by atoms with Crippen molar-refractivity contribution in [3.8, 4) is 0 Å². The zero-order chi connectivity index (χ0) is 9.38. The fraction of sp³-hybridized carbons (Fsp3) is 0. The van der Waals surface area contributed by atoms with Gasteiger partial charge in [-0.25, -0.2) is 0 Å². The molecule has 1 aromatic carbocycles. The van der Waals surface area contributed by atoms with Crippen LogP contribution in [0.25, 0.3) is 6.08 Å². The molecule has 0 radical (unpaired) electrons. The van der Waals surface area contributed by atoms with Gasteiger partial charge in [-0.2, -0.15) is 0 Å². The largest absolute Gasteiger partial charge is 0.264 e. The predicted molar refractivity (Wildman–Crippen MR) is 58.1 cm³/mol. The van der Waals surface area contributed by atoms with Crippen LogP contribution in [0.3, 0.4) is 0 Å². The second kappa shape index (κ2) is 2.77. The standard InChI is InChI=1S/C12H10N2/c1-2-6-12-11(5-1)7-10-13-8-3-4-9-14(12)13/h1-10H. The number of anilines is 1. The Bertz CT molecular complexity index is 443. The molecule has 0 N–H and O–H groups in total. The van der Waals surface area contributed by atoms with Crippen LogP contribution in [0.15, 0.2) is 55.0 Å². The van der Waals surface area contributed by atoms with Gasteiger partial charge in [-0.05, 0) is 24.3 Å². The van der Waals surface area contributed by atoms with Gasteiger partial charge in [0.2, 0.25) is 0 Å². The molecule has 2 aliphatic rings. The van der Waals surface area contributed by atoms with E-state index in [4.69, 9.17) is 0 Å². The summed E-state index contributed by atoms with van der Waals surface area (Å²) in [6, 6.07) is 8.36. The summed E-state index contributed by atoms with van der Waals surface area (Å²) in [5, 5.41) is 4.18. The van der Waals surface area contributed by atoms with Crippen molar-refractivity contribution < 1.29 is 0 Å². The molecule has 3 rings (SSSR count). The monoisotopic (exact) mass is 182 g/mol. The Morgan fingerprint density at radius 2 is 1.71 bits per heavy atom. The summed E-state index contributed by atoms with van der Waals surface area (Å²) in [6.07, 6.45) is 12.3. The van der Waals surface area contributed by atoms with Crippen LogP contribution < -0.4 is 5.01 Å². The molecule has 2 nitrogen and oxygen atoms in total. The van der Waals surface area contributed by atoms with Crippen LogP contribution in [0.2, 0.25) is 0 Å². The summed E-state index contributed by atoms with van der Waals surface area (Å²) in [4.78, 5) is 0. The summed E-state index contributed by atoms with van der Waals surface area (Å²) in [6.45, 7) is 0. The van der Waals surface area contributed by atoms with E-state index in [2.05, 4.69) is 52.8 Å². The lowest BCUT2D eigenvalue weighted by Gasteiger charge is -2.35. The number of benzene rings is 1. The molecule has 14 heavy (non-hydrogen) atoms. The maximum Gasteiger partial charge on any atom is 0.0702 e. The third-order valence-electron chi connectivity index (χ3n) is 2.42. The van der Waals surface area contributed by atoms with E-state index >= 15 is 0 Å². The van der Waals surface area contributed by atoms with Crippen LogP contribution in [0, 0.1) is 0 Å². The number of hydrogen-bond acceptors (Lipinski definition) is 2. The Morgan fingerprint density at radius 3 is 2.71 bits per heavy atom. The summed E-state index contributed by atoms with van der Waals surface area (Å²) in [5.74, 6) is 0. The van der Waals surface area contributed by atoms with Gasteiger partial charge in [0.15, 0.2) is 0 Å². The van der Waals surface area contributed by atoms with Gasteiger partial charge in [-0.15, -0.1) is 0 Å². The maximum atomic E-state index is 2.12. The number of fused-ring (bicyclic) bond motifs is 3. The van der Waals surface area contributed by atoms with Crippen LogP contribution in [-0.2, 0) is 0 Å². The molecule has 2 heteroatoms. The van der Waals surface area contributed by atoms with Gasteiger partial charge in [-0.1, -0.05) is 18.2 Å². The van der Waals surface area contributed by atoms with Crippen molar-refractivity contribution in [2.75, 3.05) is 5.01 Å². The average Bonchev–Trinajstić information content (AvgIpc) is 2.29. The molecular formula is C12H10N2. The zero-order valence-corrected chi connectivity index (χ0v) is 7.67. The van der Waals surface area contributed by atoms with E-state index in [1.165, 1.54) is 11.3 Å². The Morgan fingerprint density at radius 1 is 0.857 bits per heavy atom. The van der Waals surface area contributed by atoms with Crippen LogP contribution in [0.5, 0.6) is 0 Å². The lowest BCUT2D eigenvalue weighted by Crippen LogP contribution is -2.33. The fourth-order valence-corrected chi connectivity index (χ4v) is 1.74. The van der Waals surface area contributed by atoms with Crippen molar-refractivity contribution in [1.82, 2.24) is 5.01 Å². The van der Waals surface area contributed by atoms with Gasteiger partial charge < -0.3 is 0 Å². The molecular weight excluding hydrogens is 172 g/mol. The molecule has 2 heterocycles. The number of hydrogen-bond donors (Lipinski definition) is 0. The first kappa shape index (κ1) is 7.44. The smallest absolute Gasteiger partial charge is 0.0702 e. The maximum absolute atomic E-state index is 2.12. The van der Waals surface area contributed by atoms with Gasteiger partial charge in [-0.3, -0.25) is 10.0 Å². The first-order valence-electron chi connectivity index (χ1n) is 4.65. The Kier molecular flexibility index (Phi) is 1.47. The minimum atomic E-state index is 1.22. The van der Waals surface area contributed by atoms with E-state index in [9.17, 15) is 0 Å². The molecule has 0 spiro atoms. The van der Waals surface area contributed by atoms with Crippen molar-refractivity contribution in [3.05, 3.63) is 60.6 Å². The molecule has 0 atom stereocenters. The van der Waals surface area contributed by atoms with Crippen molar-refractivity contribution in [1.29, 1.82) is 0 Å². The number of nitrogens with zero attached hydrogens (tertiary/aromatic N) is 2. The summed E-state index contributed by atoms with van der Waals surface area (Å²) < 4.78 is 0. The lowest BCUT2D eigenvalue weighted by atomic mass is 10.1. The number of hydrazine groups is 1. The molecule has 1 aromatic rings. The highest BCUT2D eigenvalue weighted by molar-refractivity contribution is 5.71. The van der Waals surface area contributed by atoms with Crippen LogP contribution in [0.1, 0.15) is 5.56 Å². The number of rotatable bonds is 0. The number of para-hydroxylation sites is 1. The molecule has 0 saturated heterocycles. The molecule has 0 aromatic heterocycles. The Balaban J connectivity index is 2.15. The van der Waals surface area contributed by atoms with E-state index in [1.54, 1.807) is 0 Å². The third-order valence-corrected chi connectivity index (χ3v) is 2.42. The first-order chi connectivity index (χ1) is 6.95. The van der Waals surface area contributed by atoms with E-state index in [0.29, 0.717) is 0 Å². The molecule has 0 amide bonds. The lowest BCUT2D eigenvalue weighted by molar-refractivity contribution is 0.505. The summed E-state index contributed by atoms with van der Waals surface area (Å²) >= 11 is 0. The minimum absolute atomic E-state index is 1.22. The van der Waals surface area contributed by atoms with E-state index < -0.39 is 0 Å². The van der Waals surface area contributed by atoms with Gasteiger partial charge in [0.05, 0.1) is 5.69 Å². The van der Waals surface area contributed by atoms with E-state index in [1.807, 2.05) is 18.4 Å². The van der Waals surface area contributed by atoms with Gasteiger partial charge in [0.25, 0.3) is 0 Å². The molecule has 0 saturated carbocycles. The molecule has 2 aliphatic heterocycles. The van der Waals surface area contributed by atoms with Gasteiger partial charge >= 0.3 is 0 Å². The molecule has 0 fully saturated rings. The van der Waals surface area contributed by atoms with Crippen LogP contribution >= 0.6 is 0 Å². The summed E-state index contributed by atoms with van der Waals surface area (Å²) in [5.41, 5.74) is 2.47. The highest BCUT2D eigenvalue weighted by Crippen LogP contribution is 2.29. The Labute approximate surface area is 83.0 Å². The topological polar surface area (TPSA) is 6.48 Å². The minimum Gasteiger partial charge on any atom is -0.264 e. The summed E-state index contributed by atoms with van der Waals surface area (Å²) in [7, 11) is 0. The van der Waals surface area contributed by atoms with E-state index in [-0.39, 0.29) is 0 Å². The number of allylic oxidation sites excluding steroid dienone is 2. The van der Waals surface area contributed by atoms with Crippen LogP contribution in [0.4, 0.5) is 5.69 Å². The predicted octanol–water partition coefficient (Wildman–Crippen LogP) is 2.74. The second-order valence-electron chi connectivity index (χ2n) is 3.28. The van der Waals surface area contributed by atoms with Crippen LogP contribution in [-0.4, -0.2) is 5.01 Å². The molecule has 68 valence electrons. The second-order valence-corrected chi connectivity index (χ2v) is 3.28. The quantitative estimate of drug-likeness (QED) is 0.608. The Hall–Kier alpha value is -1.96. The SMILES string of the molecule is C1=CN2C=Cc3ccccc3N2C=C1. The van der Waals surface area contributed by atoms with Gasteiger partial charge in [0, 0.05) is 24.2 Å². The molecule has 0 aliphatic carbocycles. The normalized spacial score (nSPS) is 16.9. The van der Waals surface area contributed by atoms with Crippen molar-refractivity contribution in [2.45, 2.75) is 0 Å². The highest BCUT2D eigenvalue weighted by Gasteiger charge is 2.16. The molecule has 0 bridgehead atoms.